The molecular formula is C30H22F6N2O5. The minimum atomic E-state index is -4.79. The van der Waals surface area contributed by atoms with Gasteiger partial charge in [0.2, 0.25) is 5.88 Å². The van der Waals surface area contributed by atoms with Crippen LogP contribution in [0.5, 0.6) is 17.4 Å². The Hall–Kier alpha value is -5.07. The zero-order chi connectivity index (χ0) is 31.2. The third kappa shape index (κ3) is 8.71. The second kappa shape index (κ2) is 12.8. The first-order valence-corrected chi connectivity index (χ1v) is 12.5. The van der Waals surface area contributed by atoms with Crippen LogP contribution < -0.4 is 14.8 Å². The number of rotatable bonds is 9. The molecule has 0 aliphatic heterocycles. The van der Waals surface area contributed by atoms with Crippen LogP contribution in [0.3, 0.4) is 0 Å². The summed E-state index contributed by atoms with van der Waals surface area (Å²) in [6.45, 7) is 0. The Labute approximate surface area is 241 Å². The van der Waals surface area contributed by atoms with Crippen LogP contribution in [0, 0.1) is 0 Å². The monoisotopic (exact) mass is 604 g/mol. The molecule has 1 heterocycles. The first-order chi connectivity index (χ1) is 20.3. The van der Waals surface area contributed by atoms with E-state index in [4.69, 9.17) is 9.47 Å². The second-order valence-corrected chi connectivity index (χ2v) is 9.03. The molecule has 0 aliphatic carbocycles. The fourth-order valence-corrected chi connectivity index (χ4v) is 3.90. The Morgan fingerprint density at radius 1 is 0.791 bits per heavy atom. The summed E-state index contributed by atoms with van der Waals surface area (Å²) in [5.41, 5.74) is 1.27. The van der Waals surface area contributed by atoms with Gasteiger partial charge < -0.3 is 19.5 Å². The molecule has 4 aromatic rings. The highest BCUT2D eigenvalue weighted by molar-refractivity contribution is 5.97. The summed E-state index contributed by atoms with van der Waals surface area (Å²) in [6.07, 6.45) is -8.59. The van der Waals surface area contributed by atoms with Crippen molar-refractivity contribution in [2.24, 2.45) is 0 Å². The van der Waals surface area contributed by atoms with Crippen molar-refractivity contribution in [1.29, 1.82) is 0 Å². The van der Waals surface area contributed by atoms with Gasteiger partial charge in [-0.15, -0.1) is 13.2 Å². The molecule has 0 saturated heterocycles. The van der Waals surface area contributed by atoms with Crippen molar-refractivity contribution in [3.63, 3.8) is 0 Å². The Kier molecular flexibility index (Phi) is 9.22. The molecule has 0 unspecified atom stereocenters. The van der Waals surface area contributed by atoms with Gasteiger partial charge in [-0.25, -0.2) is 9.78 Å². The lowest BCUT2D eigenvalue weighted by atomic mass is 10.0. The number of nitrogens with zero attached hydrogens (tertiary/aromatic N) is 1. The molecular weight excluding hydrogens is 582 g/mol. The van der Waals surface area contributed by atoms with E-state index < -0.39 is 36.0 Å². The number of ether oxygens (including phenoxy) is 3. The minimum Gasteiger partial charge on any atom is -0.467 e. The third-order valence-corrected chi connectivity index (χ3v) is 6.01. The molecule has 0 saturated carbocycles. The van der Waals surface area contributed by atoms with Gasteiger partial charge in [-0.3, -0.25) is 4.79 Å². The molecule has 0 radical (unpaired) electrons. The summed E-state index contributed by atoms with van der Waals surface area (Å²) >= 11 is 0. The molecule has 4 rings (SSSR count). The highest BCUT2D eigenvalue weighted by Gasteiger charge is 2.31. The molecule has 3 aromatic carbocycles. The van der Waals surface area contributed by atoms with E-state index in [1.54, 1.807) is 24.3 Å². The van der Waals surface area contributed by atoms with Crippen molar-refractivity contribution in [3.05, 3.63) is 108 Å². The van der Waals surface area contributed by atoms with Crippen LogP contribution in [0.25, 0.3) is 11.1 Å². The van der Waals surface area contributed by atoms with Gasteiger partial charge in [-0.1, -0.05) is 36.4 Å². The molecule has 0 fully saturated rings. The van der Waals surface area contributed by atoms with E-state index in [9.17, 15) is 35.9 Å². The van der Waals surface area contributed by atoms with Gasteiger partial charge in [0.1, 0.15) is 17.5 Å². The zero-order valence-electron chi connectivity index (χ0n) is 22.2. The number of pyridine rings is 1. The molecule has 0 spiro atoms. The highest BCUT2D eigenvalue weighted by atomic mass is 19.4. The number of halogens is 6. The second-order valence-electron chi connectivity index (χ2n) is 9.03. The summed E-state index contributed by atoms with van der Waals surface area (Å²) in [5.74, 6) is -1.48. The lowest BCUT2D eigenvalue weighted by molar-refractivity contribution is -0.274. The minimum absolute atomic E-state index is 0.0746. The Bertz CT molecular complexity index is 1540. The first-order valence-electron chi connectivity index (χ1n) is 12.5. The van der Waals surface area contributed by atoms with E-state index >= 15 is 0 Å². The van der Waals surface area contributed by atoms with Crippen molar-refractivity contribution >= 4 is 11.9 Å². The van der Waals surface area contributed by atoms with Gasteiger partial charge in [0.25, 0.3) is 5.91 Å². The van der Waals surface area contributed by atoms with Crippen molar-refractivity contribution in [2.75, 3.05) is 7.11 Å². The number of aromatic nitrogens is 1. The molecule has 224 valence electrons. The lowest BCUT2D eigenvalue weighted by Gasteiger charge is -2.17. The summed E-state index contributed by atoms with van der Waals surface area (Å²) in [5, 5.41) is 2.61. The molecule has 7 nitrogen and oxygen atoms in total. The van der Waals surface area contributed by atoms with Crippen LogP contribution in [-0.4, -0.2) is 36.4 Å². The van der Waals surface area contributed by atoms with Crippen LogP contribution in [0.15, 0.2) is 91.1 Å². The number of carbonyl (C=O) groups is 2. The first kappa shape index (κ1) is 30.9. The smallest absolute Gasteiger partial charge is 0.467 e. The standard InChI is InChI=1S/C30H22F6N2O5/c1-41-28(40)25(16-18-2-4-19(5-3-18)20-6-13-24(14-7-20)43-30(34,35)36)38-27(39)21-8-11-23(12-9-21)42-26-15-10-22(17-37-26)29(31,32)33/h2-15,17,25H,16H2,1H3,(H,38,39)/t25-/m0/s1. The predicted octanol–water partition coefficient (Wildman–Crippen LogP) is 6.97. The van der Waals surface area contributed by atoms with Crippen molar-refractivity contribution in [1.82, 2.24) is 10.3 Å². The van der Waals surface area contributed by atoms with E-state index in [-0.39, 0.29) is 29.4 Å². The maximum absolute atomic E-state index is 12.9. The number of hydrogen-bond donors (Lipinski definition) is 1. The van der Waals surface area contributed by atoms with Crippen LogP contribution in [-0.2, 0) is 22.1 Å². The van der Waals surface area contributed by atoms with E-state index in [1.165, 1.54) is 55.6 Å². The Balaban J connectivity index is 1.38. The summed E-state index contributed by atoms with van der Waals surface area (Å²) in [4.78, 5) is 28.9. The largest absolute Gasteiger partial charge is 0.573 e. The molecule has 13 heteroatoms. The Morgan fingerprint density at radius 2 is 1.37 bits per heavy atom. The number of benzene rings is 3. The topological polar surface area (TPSA) is 86.8 Å². The summed E-state index contributed by atoms with van der Waals surface area (Å²) in [6, 6.07) is 18.7. The predicted molar refractivity (Wildman–Crippen MR) is 141 cm³/mol. The number of alkyl halides is 6. The summed E-state index contributed by atoms with van der Waals surface area (Å²) < 4.78 is 89.4. The number of methoxy groups -OCH3 is 1. The molecule has 1 N–H and O–H groups in total. The van der Waals surface area contributed by atoms with E-state index in [2.05, 4.69) is 15.0 Å². The molecule has 0 bridgehead atoms. The summed E-state index contributed by atoms with van der Waals surface area (Å²) in [7, 11) is 1.18. The quantitative estimate of drug-likeness (QED) is 0.164. The zero-order valence-corrected chi connectivity index (χ0v) is 22.2. The Morgan fingerprint density at radius 3 is 1.88 bits per heavy atom. The van der Waals surface area contributed by atoms with Crippen LogP contribution >= 0.6 is 0 Å². The van der Waals surface area contributed by atoms with Gasteiger partial charge in [0, 0.05) is 24.2 Å². The third-order valence-electron chi connectivity index (χ3n) is 6.01. The van der Waals surface area contributed by atoms with E-state index in [0.29, 0.717) is 22.9 Å². The molecule has 1 amide bonds. The van der Waals surface area contributed by atoms with Crippen LogP contribution in [0.1, 0.15) is 21.5 Å². The van der Waals surface area contributed by atoms with Crippen molar-refractivity contribution < 1.29 is 50.1 Å². The number of hydrogen-bond acceptors (Lipinski definition) is 6. The van der Waals surface area contributed by atoms with Gasteiger partial charge in [0.15, 0.2) is 0 Å². The van der Waals surface area contributed by atoms with Gasteiger partial charge >= 0.3 is 18.5 Å². The van der Waals surface area contributed by atoms with Gasteiger partial charge in [-0.05, 0) is 59.2 Å². The van der Waals surface area contributed by atoms with Crippen LogP contribution in [0.4, 0.5) is 26.3 Å². The number of esters is 1. The highest BCUT2D eigenvalue weighted by Crippen LogP contribution is 2.30. The maximum atomic E-state index is 12.9. The van der Waals surface area contributed by atoms with Gasteiger partial charge in [-0.2, -0.15) is 13.2 Å². The number of carbonyl (C=O) groups excluding carboxylic acids is 2. The van der Waals surface area contributed by atoms with Crippen molar-refractivity contribution in [2.45, 2.75) is 25.0 Å². The fraction of sp³-hybridized carbons (Fsp3) is 0.167. The van der Waals surface area contributed by atoms with Crippen LogP contribution in [0.2, 0.25) is 0 Å². The maximum Gasteiger partial charge on any atom is 0.573 e. The van der Waals surface area contributed by atoms with E-state index in [0.717, 1.165) is 12.1 Å². The molecule has 1 aromatic heterocycles. The average Bonchev–Trinajstić information content (AvgIpc) is 2.96. The molecule has 1 atom stereocenters. The molecule has 43 heavy (non-hydrogen) atoms. The SMILES string of the molecule is COC(=O)[C@H](Cc1ccc(-c2ccc(OC(F)(F)F)cc2)cc1)NC(=O)c1ccc(Oc2ccc(C(F)(F)F)cn2)cc1. The normalized spacial score (nSPS) is 12.3. The molecule has 0 aliphatic rings. The lowest BCUT2D eigenvalue weighted by Crippen LogP contribution is -2.43. The van der Waals surface area contributed by atoms with Crippen molar-refractivity contribution in [3.8, 4) is 28.5 Å². The number of nitrogens with one attached hydrogen (secondary N) is 1. The average molecular weight is 605 g/mol. The van der Waals surface area contributed by atoms with Gasteiger partial charge in [0.05, 0.1) is 12.7 Å². The van der Waals surface area contributed by atoms with E-state index in [1.807, 2.05) is 0 Å². The number of amides is 1. The fourth-order valence-electron chi connectivity index (χ4n) is 3.90.